The second kappa shape index (κ2) is 7.45. The van der Waals surface area contributed by atoms with Crippen LogP contribution in [0.4, 0.5) is 0 Å². The number of phenols is 1. The van der Waals surface area contributed by atoms with Gasteiger partial charge in [-0.1, -0.05) is 24.3 Å². The van der Waals surface area contributed by atoms with Crippen molar-refractivity contribution in [3.63, 3.8) is 0 Å². The van der Waals surface area contributed by atoms with Crippen LogP contribution in [0.15, 0.2) is 48.5 Å². The fourth-order valence-corrected chi connectivity index (χ4v) is 3.90. The predicted molar refractivity (Wildman–Crippen MR) is 102 cm³/mol. The minimum Gasteiger partial charge on any atom is -0.508 e. The fraction of sp³-hybridized carbons (Fsp3) is 0.409. The molecule has 0 aliphatic carbocycles. The molecule has 2 aliphatic rings. The van der Waals surface area contributed by atoms with Crippen LogP contribution in [-0.2, 0) is 25.1 Å². The number of rotatable bonds is 8. The lowest BCUT2D eigenvalue weighted by molar-refractivity contribution is -0.145. The van der Waals surface area contributed by atoms with Gasteiger partial charge in [-0.25, -0.2) is 0 Å². The van der Waals surface area contributed by atoms with Gasteiger partial charge in [-0.05, 0) is 41.8 Å². The summed E-state index contributed by atoms with van der Waals surface area (Å²) in [5.41, 5.74) is 1.64. The van der Waals surface area contributed by atoms with Gasteiger partial charge in [0, 0.05) is 5.41 Å². The van der Waals surface area contributed by atoms with Gasteiger partial charge in [0.05, 0.1) is 44.9 Å². The molecule has 6 nitrogen and oxygen atoms in total. The molecule has 0 bridgehead atoms. The van der Waals surface area contributed by atoms with Gasteiger partial charge in [0.25, 0.3) is 0 Å². The molecule has 2 aliphatic heterocycles. The third-order valence-corrected chi connectivity index (χ3v) is 5.80. The molecule has 2 N–H and O–H groups in total. The zero-order valence-corrected chi connectivity index (χ0v) is 15.6. The SMILES string of the molecule is O=C(O)CC1(c2ccc(OCCC3(c4ccc(O)cc4)COC3)cc2)COC1. The molecule has 2 aromatic carbocycles. The molecule has 148 valence electrons. The number of hydrogen-bond donors (Lipinski definition) is 2. The second-order valence-electron chi connectivity index (χ2n) is 7.79. The van der Waals surface area contributed by atoms with Gasteiger partial charge < -0.3 is 24.4 Å². The van der Waals surface area contributed by atoms with E-state index in [1.54, 1.807) is 12.1 Å². The van der Waals surface area contributed by atoms with Crippen LogP contribution in [0.3, 0.4) is 0 Å². The summed E-state index contributed by atoms with van der Waals surface area (Å²) < 4.78 is 16.7. The highest BCUT2D eigenvalue weighted by Gasteiger charge is 2.42. The standard InChI is InChI=1S/C22H24O6/c23-18-5-1-16(2-6-18)21(12-26-13-21)9-10-28-19-7-3-17(4-8-19)22(11-20(24)25)14-27-15-22/h1-8,23H,9-15H2,(H,24,25). The molecular weight excluding hydrogens is 360 g/mol. The quantitative estimate of drug-likeness (QED) is 0.728. The topological polar surface area (TPSA) is 85.2 Å². The average molecular weight is 384 g/mol. The Bertz CT molecular complexity index is 819. The second-order valence-corrected chi connectivity index (χ2v) is 7.79. The number of phenolic OH excluding ortho intramolecular Hbond substituents is 1. The Morgan fingerprint density at radius 2 is 1.43 bits per heavy atom. The molecule has 0 amide bonds. The summed E-state index contributed by atoms with van der Waals surface area (Å²) in [6.45, 7) is 2.73. The molecule has 2 fully saturated rings. The van der Waals surface area contributed by atoms with Gasteiger partial charge in [0.2, 0.25) is 0 Å². The number of carbonyl (C=O) groups is 1. The molecule has 0 saturated carbocycles. The Morgan fingerprint density at radius 3 is 1.93 bits per heavy atom. The summed E-state index contributed by atoms with van der Waals surface area (Å²) in [4.78, 5) is 11.1. The minimum atomic E-state index is -0.814. The first-order valence-corrected chi connectivity index (χ1v) is 9.42. The number of carboxylic acid groups (broad SMARTS) is 1. The Morgan fingerprint density at radius 1 is 0.893 bits per heavy atom. The van der Waals surface area contributed by atoms with Crippen molar-refractivity contribution in [1.29, 1.82) is 0 Å². The Hall–Kier alpha value is -2.57. The van der Waals surface area contributed by atoms with E-state index in [0.29, 0.717) is 33.0 Å². The summed E-state index contributed by atoms with van der Waals surface area (Å²) in [7, 11) is 0. The molecule has 0 unspecified atom stereocenters. The van der Waals surface area contributed by atoms with E-state index in [2.05, 4.69) is 0 Å². The fourth-order valence-electron chi connectivity index (χ4n) is 3.90. The predicted octanol–water partition coefficient (Wildman–Crippen LogP) is 2.87. The zero-order valence-electron chi connectivity index (χ0n) is 15.6. The monoisotopic (exact) mass is 384 g/mol. The summed E-state index contributed by atoms with van der Waals surface area (Å²) in [6.07, 6.45) is 0.888. The molecule has 0 spiro atoms. The van der Waals surface area contributed by atoms with Crippen LogP contribution >= 0.6 is 0 Å². The van der Waals surface area contributed by atoms with E-state index < -0.39 is 11.4 Å². The van der Waals surface area contributed by atoms with Crippen molar-refractivity contribution in [3.8, 4) is 11.5 Å². The summed E-state index contributed by atoms with van der Waals surface area (Å²) >= 11 is 0. The number of aromatic hydroxyl groups is 1. The number of aliphatic carboxylic acids is 1. The maximum Gasteiger partial charge on any atom is 0.304 e. The number of carboxylic acids is 1. The maximum atomic E-state index is 11.1. The highest BCUT2D eigenvalue weighted by Crippen LogP contribution is 2.38. The Balaban J connectivity index is 1.36. The normalized spacial score (nSPS) is 19.3. The van der Waals surface area contributed by atoms with E-state index >= 15 is 0 Å². The highest BCUT2D eigenvalue weighted by atomic mass is 16.5. The number of hydrogen-bond acceptors (Lipinski definition) is 5. The molecule has 2 heterocycles. The van der Waals surface area contributed by atoms with Crippen molar-refractivity contribution in [3.05, 3.63) is 59.7 Å². The Kier molecular flexibility index (Phi) is 5.00. The molecule has 2 aromatic rings. The molecule has 28 heavy (non-hydrogen) atoms. The molecular formula is C22H24O6. The average Bonchev–Trinajstić information content (AvgIpc) is 2.62. The molecule has 0 atom stereocenters. The van der Waals surface area contributed by atoms with Crippen LogP contribution in [0.25, 0.3) is 0 Å². The van der Waals surface area contributed by atoms with Crippen molar-refractivity contribution >= 4 is 5.97 Å². The van der Waals surface area contributed by atoms with E-state index in [0.717, 1.165) is 23.3 Å². The van der Waals surface area contributed by atoms with Crippen LogP contribution in [0.1, 0.15) is 24.0 Å². The summed E-state index contributed by atoms with van der Waals surface area (Å²) in [6, 6.07) is 14.9. The van der Waals surface area contributed by atoms with Crippen LogP contribution < -0.4 is 4.74 Å². The molecule has 2 saturated heterocycles. The van der Waals surface area contributed by atoms with Gasteiger partial charge in [-0.15, -0.1) is 0 Å². The minimum absolute atomic E-state index is 0.0670. The van der Waals surface area contributed by atoms with Crippen LogP contribution in [0, 0.1) is 0 Å². The first kappa shape index (κ1) is 18.8. The first-order chi connectivity index (χ1) is 13.5. The number of benzene rings is 2. The van der Waals surface area contributed by atoms with Gasteiger partial charge >= 0.3 is 5.97 Å². The smallest absolute Gasteiger partial charge is 0.304 e. The summed E-state index contributed by atoms with van der Waals surface area (Å²) in [5, 5.41) is 18.6. The van der Waals surface area contributed by atoms with Gasteiger partial charge in [-0.2, -0.15) is 0 Å². The summed E-state index contributed by atoms with van der Waals surface area (Å²) in [5.74, 6) is 0.203. The van der Waals surface area contributed by atoms with Crippen LogP contribution in [0.2, 0.25) is 0 Å². The van der Waals surface area contributed by atoms with E-state index in [9.17, 15) is 9.90 Å². The largest absolute Gasteiger partial charge is 0.508 e. The lowest BCUT2D eigenvalue weighted by Crippen LogP contribution is -2.48. The highest BCUT2D eigenvalue weighted by molar-refractivity contribution is 5.69. The molecule has 0 radical (unpaired) electrons. The Labute approximate surface area is 163 Å². The van der Waals surface area contributed by atoms with E-state index in [-0.39, 0.29) is 17.6 Å². The molecule has 6 heteroatoms. The van der Waals surface area contributed by atoms with E-state index in [4.69, 9.17) is 19.3 Å². The van der Waals surface area contributed by atoms with Gasteiger partial charge in [0.1, 0.15) is 11.5 Å². The van der Waals surface area contributed by atoms with Gasteiger partial charge in [0.15, 0.2) is 0 Å². The lowest BCUT2D eigenvalue weighted by atomic mass is 9.76. The van der Waals surface area contributed by atoms with Gasteiger partial charge in [-0.3, -0.25) is 4.79 Å². The maximum absolute atomic E-state index is 11.1. The van der Waals surface area contributed by atoms with E-state index in [1.807, 2.05) is 36.4 Å². The van der Waals surface area contributed by atoms with Crippen molar-refractivity contribution in [2.45, 2.75) is 23.7 Å². The third kappa shape index (κ3) is 3.57. The molecule has 0 aromatic heterocycles. The van der Waals surface area contributed by atoms with Crippen molar-refractivity contribution in [1.82, 2.24) is 0 Å². The van der Waals surface area contributed by atoms with Crippen LogP contribution in [-0.4, -0.2) is 49.2 Å². The van der Waals surface area contributed by atoms with Crippen molar-refractivity contribution in [2.75, 3.05) is 33.0 Å². The third-order valence-electron chi connectivity index (χ3n) is 5.80. The van der Waals surface area contributed by atoms with Crippen LogP contribution in [0.5, 0.6) is 11.5 Å². The first-order valence-electron chi connectivity index (χ1n) is 9.42. The van der Waals surface area contributed by atoms with Crippen molar-refractivity contribution in [2.24, 2.45) is 0 Å². The van der Waals surface area contributed by atoms with E-state index in [1.165, 1.54) is 0 Å². The zero-order chi connectivity index (χ0) is 19.6. The lowest BCUT2D eigenvalue weighted by Gasteiger charge is -2.42. The molecule has 4 rings (SSSR count). The van der Waals surface area contributed by atoms with Crippen molar-refractivity contribution < 1.29 is 29.2 Å². The number of ether oxygens (including phenoxy) is 3.